The molecule has 0 aliphatic rings. The molecule has 0 radical (unpaired) electrons. The van der Waals surface area contributed by atoms with Gasteiger partial charge in [-0.3, -0.25) is 0 Å². The fourth-order valence-electron chi connectivity index (χ4n) is 1.49. The van der Waals surface area contributed by atoms with Crippen molar-refractivity contribution in [3.05, 3.63) is 35.1 Å². The third kappa shape index (κ3) is 4.43. The van der Waals surface area contributed by atoms with Gasteiger partial charge in [-0.25, -0.2) is 12.8 Å². The smallest absolute Gasteiger partial charge is 0.154 e. The first kappa shape index (κ1) is 14.6. The summed E-state index contributed by atoms with van der Waals surface area (Å²) in [5.41, 5.74) is 0.282. The van der Waals surface area contributed by atoms with Gasteiger partial charge in [0.1, 0.15) is 5.82 Å². The summed E-state index contributed by atoms with van der Waals surface area (Å²) in [6.07, 6.45) is 0.373. The molecule has 0 aromatic heterocycles. The molecule has 1 rings (SSSR count). The number of sulfone groups is 1. The molecular weight excluding hydrogens is 257 g/mol. The van der Waals surface area contributed by atoms with E-state index in [1.807, 2.05) is 6.07 Å². The van der Waals surface area contributed by atoms with E-state index >= 15 is 0 Å². The van der Waals surface area contributed by atoms with Gasteiger partial charge >= 0.3 is 0 Å². The fourth-order valence-corrected chi connectivity index (χ4v) is 2.88. The van der Waals surface area contributed by atoms with E-state index in [9.17, 15) is 12.8 Å². The predicted molar refractivity (Wildman–Crippen MR) is 65.1 cm³/mol. The lowest BCUT2D eigenvalue weighted by molar-refractivity contribution is 0.199. The Morgan fingerprint density at radius 3 is 2.78 bits per heavy atom. The quantitative estimate of drug-likeness (QED) is 0.738. The normalized spacial score (nSPS) is 11.2. The van der Waals surface area contributed by atoms with Crippen LogP contribution in [0.5, 0.6) is 0 Å². The molecule has 18 heavy (non-hydrogen) atoms. The van der Waals surface area contributed by atoms with Gasteiger partial charge in [-0.1, -0.05) is 0 Å². The molecule has 0 saturated carbocycles. The minimum absolute atomic E-state index is 0.0338. The Labute approximate surface area is 106 Å². The van der Waals surface area contributed by atoms with E-state index < -0.39 is 21.4 Å². The van der Waals surface area contributed by atoms with E-state index in [1.165, 1.54) is 19.2 Å². The van der Waals surface area contributed by atoms with Crippen LogP contribution in [0.2, 0.25) is 0 Å². The molecule has 0 heterocycles. The van der Waals surface area contributed by atoms with E-state index in [4.69, 9.17) is 10.00 Å². The molecule has 98 valence electrons. The van der Waals surface area contributed by atoms with Crippen molar-refractivity contribution in [1.82, 2.24) is 0 Å². The molecule has 4 nitrogen and oxygen atoms in total. The summed E-state index contributed by atoms with van der Waals surface area (Å²) < 4.78 is 41.6. The van der Waals surface area contributed by atoms with E-state index in [0.29, 0.717) is 13.0 Å². The number of benzene rings is 1. The van der Waals surface area contributed by atoms with Crippen molar-refractivity contribution in [2.45, 2.75) is 12.2 Å². The summed E-state index contributed by atoms with van der Waals surface area (Å²) in [6, 6.07) is 5.54. The number of nitrogens with zero attached hydrogens (tertiary/aromatic N) is 1. The highest BCUT2D eigenvalue weighted by Gasteiger charge is 2.15. The van der Waals surface area contributed by atoms with Gasteiger partial charge in [0.2, 0.25) is 0 Å². The molecule has 1 aromatic rings. The van der Waals surface area contributed by atoms with Crippen LogP contribution in [0.25, 0.3) is 0 Å². The first-order valence-electron chi connectivity index (χ1n) is 5.36. The number of hydrogen-bond acceptors (Lipinski definition) is 4. The molecule has 6 heteroatoms. The average Bonchev–Trinajstić information content (AvgIpc) is 2.32. The summed E-state index contributed by atoms with van der Waals surface area (Å²) in [5, 5.41) is 8.69. The van der Waals surface area contributed by atoms with Crippen LogP contribution < -0.4 is 0 Å². The highest BCUT2D eigenvalue weighted by molar-refractivity contribution is 7.90. The van der Waals surface area contributed by atoms with Crippen molar-refractivity contribution >= 4 is 9.84 Å². The van der Waals surface area contributed by atoms with Crippen LogP contribution in [0.15, 0.2) is 18.2 Å². The third-order valence-electron chi connectivity index (χ3n) is 2.35. The maximum Gasteiger partial charge on any atom is 0.154 e. The van der Waals surface area contributed by atoms with E-state index in [1.54, 1.807) is 0 Å². The van der Waals surface area contributed by atoms with Crippen LogP contribution in [0, 0.1) is 17.1 Å². The second-order valence-electron chi connectivity index (χ2n) is 3.86. The largest absolute Gasteiger partial charge is 0.385 e. The highest BCUT2D eigenvalue weighted by Crippen LogP contribution is 2.14. The molecule has 0 aliphatic carbocycles. The number of rotatable bonds is 6. The summed E-state index contributed by atoms with van der Waals surface area (Å²) in [7, 11) is -1.89. The standard InChI is InChI=1S/C12H14FNO3S/c1-17-5-2-6-18(15,16)9-11-7-10(8-14)3-4-12(11)13/h3-4,7H,2,5-6,9H2,1H3. The zero-order valence-corrected chi connectivity index (χ0v) is 10.8. The first-order valence-corrected chi connectivity index (χ1v) is 7.18. The van der Waals surface area contributed by atoms with Crippen molar-refractivity contribution in [3.8, 4) is 6.07 Å². The number of methoxy groups -OCH3 is 1. The number of nitriles is 1. The highest BCUT2D eigenvalue weighted by atomic mass is 32.2. The Morgan fingerprint density at radius 1 is 1.44 bits per heavy atom. The number of halogens is 1. The zero-order valence-electron chi connectivity index (χ0n) is 10.0. The lowest BCUT2D eigenvalue weighted by Crippen LogP contribution is -2.12. The van der Waals surface area contributed by atoms with Crippen molar-refractivity contribution < 1.29 is 17.5 Å². The number of hydrogen-bond donors (Lipinski definition) is 0. The Balaban J connectivity index is 2.81. The van der Waals surface area contributed by atoms with Crippen molar-refractivity contribution in [2.75, 3.05) is 19.5 Å². The van der Waals surface area contributed by atoms with Gasteiger partial charge in [0.25, 0.3) is 0 Å². The summed E-state index contributed by atoms with van der Waals surface area (Å²) in [4.78, 5) is 0. The first-order chi connectivity index (χ1) is 8.48. The molecule has 0 aliphatic heterocycles. The van der Waals surface area contributed by atoms with Crippen LogP contribution in [0.3, 0.4) is 0 Å². The van der Waals surface area contributed by atoms with Crippen molar-refractivity contribution in [2.24, 2.45) is 0 Å². The maximum absolute atomic E-state index is 13.4. The molecule has 0 bridgehead atoms. The van der Waals surface area contributed by atoms with Gasteiger partial charge in [-0.05, 0) is 24.6 Å². The molecule has 1 aromatic carbocycles. The van der Waals surface area contributed by atoms with Crippen LogP contribution >= 0.6 is 0 Å². The predicted octanol–water partition coefficient (Wildman–Crippen LogP) is 1.65. The summed E-state index contributed by atoms with van der Waals surface area (Å²) in [6.45, 7) is 0.347. The van der Waals surface area contributed by atoms with Crippen molar-refractivity contribution in [1.29, 1.82) is 5.26 Å². The van der Waals surface area contributed by atoms with Gasteiger partial charge < -0.3 is 4.74 Å². The molecule has 0 atom stereocenters. The average molecular weight is 271 g/mol. The van der Waals surface area contributed by atoms with E-state index in [-0.39, 0.29) is 16.9 Å². The Hall–Kier alpha value is -1.45. The lowest BCUT2D eigenvalue weighted by atomic mass is 10.1. The lowest BCUT2D eigenvalue weighted by Gasteiger charge is -2.05. The Kier molecular flexibility index (Phi) is 5.25. The van der Waals surface area contributed by atoms with Gasteiger partial charge in [0.05, 0.1) is 23.1 Å². The zero-order chi connectivity index (χ0) is 13.6. The Morgan fingerprint density at radius 2 is 2.17 bits per heavy atom. The molecule has 0 saturated heterocycles. The minimum atomic E-state index is -3.38. The Bertz CT molecular complexity index is 549. The van der Waals surface area contributed by atoms with Gasteiger partial charge in [0.15, 0.2) is 9.84 Å². The molecule has 0 unspecified atom stereocenters. The van der Waals surface area contributed by atoms with Gasteiger partial charge in [-0.2, -0.15) is 5.26 Å². The van der Waals surface area contributed by atoms with E-state index in [0.717, 1.165) is 6.07 Å². The monoisotopic (exact) mass is 271 g/mol. The van der Waals surface area contributed by atoms with Crippen molar-refractivity contribution in [3.63, 3.8) is 0 Å². The molecule has 0 N–H and O–H groups in total. The molecular formula is C12H14FNO3S. The van der Waals surface area contributed by atoms with Gasteiger partial charge in [0, 0.05) is 19.3 Å². The van der Waals surface area contributed by atoms with Crippen LogP contribution in [0.4, 0.5) is 4.39 Å². The second kappa shape index (κ2) is 6.47. The molecule has 0 amide bonds. The van der Waals surface area contributed by atoms with Crippen LogP contribution in [0.1, 0.15) is 17.5 Å². The minimum Gasteiger partial charge on any atom is -0.385 e. The SMILES string of the molecule is COCCCS(=O)(=O)Cc1cc(C#N)ccc1F. The fraction of sp³-hybridized carbons (Fsp3) is 0.417. The summed E-state index contributed by atoms with van der Waals surface area (Å²) >= 11 is 0. The maximum atomic E-state index is 13.4. The van der Waals surface area contributed by atoms with Crippen LogP contribution in [-0.4, -0.2) is 27.9 Å². The third-order valence-corrected chi connectivity index (χ3v) is 4.02. The topological polar surface area (TPSA) is 67.2 Å². The van der Waals surface area contributed by atoms with Gasteiger partial charge in [-0.15, -0.1) is 0 Å². The molecule has 0 spiro atoms. The number of ether oxygens (including phenoxy) is 1. The summed E-state index contributed by atoms with van der Waals surface area (Å²) in [5.74, 6) is -1.06. The molecule has 0 fully saturated rings. The van der Waals surface area contributed by atoms with E-state index in [2.05, 4.69) is 0 Å². The van der Waals surface area contributed by atoms with Crippen LogP contribution in [-0.2, 0) is 20.3 Å². The second-order valence-corrected chi connectivity index (χ2v) is 6.04.